The van der Waals surface area contributed by atoms with Crippen molar-refractivity contribution in [2.24, 2.45) is 17.1 Å². The first-order chi connectivity index (χ1) is 8.80. The second kappa shape index (κ2) is 6.37. The van der Waals surface area contributed by atoms with Crippen LogP contribution in [-0.2, 0) is 9.59 Å². The van der Waals surface area contributed by atoms with Crippen LogP contribution in [0.25, 0.3) is 0 Å². The van der Waals surface area contributed by atoms with Gasteiger partial charge in [0.25, 0.3) is 0 Å². The highest BCUT2D eigenvalue weighted by Gasteiger charge is 2.37. The fraction of sp³-hybridized carbons (Fsp3) is 0.857. The predicted molar refractivity (Wildman–Crippen MR) is 75.4 cm³/mol. The first-order valence-electron chi connectivity index (χ1n) is 7.02. The molecule has 19 heavy (non-hydrogen) atoms. The summed E-state index contributed by atoms with van der Waals surface area (Å²) in [7, 11) is 1.61. The molecule has 2 amide bonds. The molecule has 1 heterocycles. The zero-order chi connectivity index (χ0) is 14.6. The summed E-state index contributed by atoms with van der Waals surface area (Å²) in [5.74, 6) is -0.230. The van der Waals surface area contributed by atoms with Crippen LogP contribution in [0.15, 0.2) is 0 Å². The van der Waals surface area contributed by atoms with Gasteiger partial charge in [0, 0.05) is 20.1 Å². The van der Waals surface area contributed by atoms with E-state index >= 15 is 0 Å². The first kappa shape index (κ1) is 16.0. The lowest BCUT2D eigenvalue weighted by Gasteiger charge is -2.30. The highest BCUT2D eigenvalue weighted by molar-refractivity contribution is 5.89. The zero-order valence-corrected chi connectivity index (χ0v) is 12.5. The molecule has 5 nitrogen and oxygen atoms in total. The van der Waals surface area contributed by atoms with Crippen LogP contribution in [0.1, 0.15) is 40.0 Å². The van der Waals surface area contributed by atoms with E-state index < -0.39 is 0 Å². The van der Waals surface area contributed by atoms with Gasteiger partial charge in [-0.05, 0) is 24.7 Å². The van der Waals surface area contributed by atoms with Crippen LogP contribution in [0.5, 0.6) is 0 Å². The van der Waals surface area contributed by atoms with Crippen molar-refractivity contribution in [3.8, 4) is 0 Å². The second-order valence-corrected chi connectivity index (χ2v) is 6.50. The first-order valence-corrected chi connectivity index (χ1v) is 7.02. The minimum absolute atomic E-state index is 0.0310. The van der Waals surface area contributed by atoms with Crippen LogP contribution in [0, 0.1) is 11.3 Å². The average Bonchev–Trinajstić information content (AvgIpc) is 2.82. The molecule has 1 rings (SSSR count). The number of nitrogens with zero attached hydrogens (tertiary/aromatic N) is 1. The van der Waals surface area contributed by atoms with E-state index in [1.807, 2.05) is 0 Å². The highest BCUT2D eigenvalue weighted by Crippen LogP contribution is 2.27. The van der Waals surface area contributed by atoms with Crippen molar-refractivity contribution in [3.63, 3.8) is 0 Å². The summed E-state index contributed by atoms with van der Waals surface area (Å²) < 4.78 is 0. The van der Waals surface area contributed by atoms with Crippen LogP contribution < -0.4 is 11.1 Å². The number of carbonyl (C=O) groups excluding carboxylic acids is 2. The lowest BCUT2D eigenvalue weighted by atomic mass is 9.84. The van der Waals surface area contributed by atoms with Gasteiger partial charge >= 0.3 is 0 Å². The van der Waals surface area contributed by atoms with Gasteiger partial charge < -0.3 is 16.0 Å². The molecular weight excluding hydrogens is 242 g/mol. The van der Waals surface area contributed by atoms with E-state index in [9.17, 15) is 9.59 Å². The maximum Gasteiger partial charge on any atom is 0.242 e. The minimum Gasteiger partial charge on any atom is -0.357 e. The fourth-order valence-electron chi connectivity index (χ4n) is 2.71. The van der Waals surface area contributed by atoms with Crippen LogP contribution >= 0.6 is 0 Å². The smallest absolute Gasteiger partial charge is 0.242 e. The lowest BCUT2D eigenvalue weighted by molar-refractivity contribution is -0.142. The van der Waals surface area contributed by atoms with Gasteiger partial charge in [0.2, 0.25) is 11.8 Å². The number of carbonyl (C=O) groups is 2. The quantitative estimate of drug-likeness (QED) is 0.790. The van der Waals surface area contributed by atoms with E-state index in [1.165, 1.54) is 0 Å². The third-order valence-corrected chi connectivity index (χ3v) is 3.58. The van der Waals surface area contributed by atoms with Crippen molar-refractivity contribution < 1.29 is 9.59 Å². The molecule has 0 aromatic carbocycles. The lowest BCUT2D eigenvalue weighted by Crippen LogP contribution is -2.48. The molecule has 2 unspecified atom stereocenters. The summed E-state index contributed by atoms with van der Waals surface area (Å²) in [5.41, 5.74) is 5.81. The van der Waals surface area contributed by atoms with Gasteiger partial charge in [-0.25, -0.2) is 0 Å². The molecule has 0 aromatic heterocycles. The number of likely N-dealkylation sites (N-methyl/N-ethyl adjacent to an activating group) is 1. The van der Waals surface area contributed by atoms with Gasteiger partial charge in [-0.1, -0.05) is 20.8 Å². The molecule has 3 N–H and O–H groups in total. The Hall–Kier alpha value is -1.10. The molecule has 0 bridgehead atoms. The molecule has 0 spiro atoms. The number of nitrogens with two attached hydrogens (primary N) is 1. The molecular formula is C14H27N3O2. The van der Waals surface area contributed by atoms with Crippen LogP contribution in [0.4, 0.5) is 0 Å². The van der Waals surface area contributed by atoms with E-state index in [0.717, 1.165) is 19.3 Å². The Balaban J connectivity index is 2.76. The van der Waals surface area contributed by atoms with E-state index in [0.29, 0.717) is 13.1 Å². The molecule has 0 aliphatic carbocycles. The standard InChI is InChI=1S/C14H27N3O2/c1-14(2,3)8-10(9-15)13(19)17-7-5-6-11(17)12(18)16-4/h10-11H,5-9,15H2,1-4H3,(H,16,18). The van der Waals surface area contributed by atoms with E-state index in [4.69, 9.17) is 5.73 Å². The molecule has 5 heteroatoms. The third kappa shape index (κ3) is 4.20. The Kier molecular flexibility index (Phi) is 5.35. The summed E-state index contributed by atoms with van der Waals surface area (Å²) >= 11 is 0. The largest absolute Gasteiger partial charge is 0.357 e. The van der Waals surface area contributed by atoms with Crippen molar-refractivity contribution in [3.05, 3.63) is 0 Å². The monoisotopic (exact) mass is 269 g/mol. The summed E-state index contributed by atoms with van der Waals surface area (Å²) in [6.07, 6.45) is 2.38. The van der Waals surface area contributed by atoms with E-state index in [2.05, 4.69) is 26.1 Å². The zero-order valence-electron chi connectivity index (χ0n) is 12.5. The molecule has 1 fully saturated rings. The van der Waals surface area contributed by atoms with E-state index in [1.54, 1.807) is 11.9 Å². The molecule has 0 aromatic rings. The molecule has 0 radical (unpaired) electrons. The maximum absolute atomic E-state index is 12.6. The third-order valence-electron chi connectivity index (χ3n) is 3.58. The number of nitrogens with one attached hydrogen (secondary N) is 1. The van der Waals surface area contributed by atoms with Crippen molar-refractivity contribution in [2.75, 3.05) is 20.1 Å². The van der Waals surface area contributed by atoms with Gasteiger partial charge in [-0.3, -0.25) is 9.59 Å². The Morgan fingerprint density at radius 3 is 2.53 bits per heavy atom. The van der Waals surface area contributed by atoms with Gasteiger partial charge in [-0.15, -0.1) is 0 Å². The predicted octanol–water partition coefficient (Wildman–Crippen LogP) is 0.734. The van der Waals surface area contributed by atoms with Gasteiger partial charge in [0.15, 0.2) is 0 Å². The second-order valence-electron chi connectivity index (χ2n) is 6.50. The highest BCUT2D eigenvalue weighted by atomic mass is 16.2. The number of hydrogen-bond acceptors (Lipinski definition) is 3. The Labute approximate surface area is 115 Å². The van der Waals surface area contributed by atoms with E-state index in [-0.39, 0.29) is 29.2 Å². The van der Waals surface area contributed by atoms with Crippen molar-refractivity contribution in [1.82, 2.24) is 10.2 Å². The van der Waals surface area contributed by atoms with Gasteiger partial charge in [0.05, 0.1) is 5.92 Å². The van der Waals surface area contributed by atoms with Crippen LogP contribution in [0.3, 0.4) is 0 Å². The summed E-state index contributed by atoms with van der Waals surface area (Å²) in [6.45, 7) is 7.31. The molecule has 110 valence electrons. The Morgan fingerprint density at radius 1 is 1.42 bits per heavy atom. The molecule has 2 atom stereocenters. The number of amides is 2. The molecule has 0 saturated carbocycles. The summed E-state index contributed by atoms with van der Waals surface area (Å²) in [5, 5.41) is 2.63. The average molecular weight is 269 g/mol. The summed E-state index contributed by atoms with van der Waals surface area (Å²) in [4.78, 5) is 26.1. The van der Waals surface area contributed by atoms with Crippen LogP contribution in [-0.4, -0.2) is 42.9 Å². The Morgan fingerprint density at radius 2 is 2.05 bits per heavy atom. The number of hydrogen-bond donors (Lipinski definition) is 2. The SMILES string of the molecule is CNC(=O)C1CCCN1C(=O)C(CN)CC(C)(C)C. The van der Waals surface area contributed by atoms with Gasteiger partial charge in [0.1, 0.15) is 6.04 Å². The maximum atomic E-state index is 12.6. The number of rotatable bonds is 4. The number of likely N-dealkylation sites (tertiary alicyclic amines) is 1. The fourth-order valence-corrected chi connectivity index (χ4v) is 2.71. The molecule has 1 saturated heterocycles. The van der Waals surface area contributed by atoms with Crippen molar-refractivity contribution in [1.29, 1.82) is 0 Å². The normalized spacial score (nSPS) is 21.3. The topological polar surface area (TPSA) is 75.4 Å². The van der Waals surface area contributed by atoms with Crippen molar-refractivity contribution in [2.45, 2.75) is 46.1 Å². The van der Waals surface area contributed by atoms with Gasteiger partial charge in [-0.2, -0.15) is 0 Å². The minimum atomic E-state index is -0.313. The summed E-state index contributed by atoms with van der Waals surface area (Å²) in [6, 6.07) is -0.313. The Bertz CT molecular complexity index is 336. The molecule has 1 aliphatic heterocycles. The van der Waals surface area contributed by atoms with Crippen LogP contribution in [0.2, 0.25) is 0 Å². The molecule has 1 aliphatic rings. The van der Waals surface area contributed by atoms with Crippen molar-refractivity contribution >= 4 is 11.8 Å².